The number of halogens is 4. The Kier molecular flexibility index (Phi) is 3.44. The molecule has 104 valence electrons. The lowest BCUT2D eigenvalue weighted by atomic mass is 9.99. The molecule has 2 aromatic rings. The van der Waals surface area contributed by atoms with Gasteiger partial charge in [-0.25, -0.2) is 9.18 Å². The summed E-state index contributed by atoms with van der Waals surface area (Å²) in [5.74, 6) is -2.48. The normalized spacial score (nSPS) is 11.4. The number of carboxylic acid groups (broad SMARTS) is 1. The summed E-state index contributed by atoms with van der Waals surface area (Å²) in [4.78, 5) is 14.3. The highest BCUT2D eigenvalue weighted by Gasteiger charge is 2.35. The van der Waals surface area contributed by atoms with Crippen molar-refractivity contribution in [3.8, 4) is 11.1 Å². The van der Waals surface area contributed by atoms with Gasteiger partial charge in [-0.1, -0.05) is 6.07 Å². The van der Waals surface area contributed by atoms with E-state index in [4.69, 9.17) is 5.11 Å². The van der Waals surface area contributed by atoms with Crippen LogP contribution in [0.2, 0.25) is 0 Å². The lowest BCUT2D eigenvalue weighted by molar-refractivity contribution is -0.138. The highest BCUT2D eigenvalue weighted by atomic mass is 19.4. The van der Waals surface area contributed by atoms with E-state index in [0.717, 1.165) is 18.3 Å². The summed E-state index contributed by atoms with van der Waals surface area (Å²) >= 11 is 0. The Morgan fingerprint density at radius 2 is 1.90 bits per heavy atom. The molecule has 0 radical (unpaired) electrons. The molecular weight excluding hydrogens is 278 g/mol. The van der Waals surface area contributed by atoms with Crippen LogP contribution in [0.1, 0.15) is 15.9 Å². The first-order chi connectivity index (χ1) is 9.30. The fourth-order valence-electron chi connectivity index (χ4n) is 1.74. The minimum Gasteiger partial charge on any atom is -0.478 e. The van der Waals surface area contributed by atoms with Gasteiger partial charge in [0.25, 0.3) is 0 Å². The fourth-order valence-corrected chi connectivity index (χ4v) is 1.74. The van der Waals surface area contributed by atoms with Crippen molar-refractivity contribution in [2.24, 2.45) is 0 Å². The molecule has 0 bridgehead atoms. The molecule has 3 nitrogen and oxygen atoms in total. The van der Waals surface area contributed by atoms with Gasteiger partial charge in [-0.05, 0) is 23.8 Å². The van der Waals surface area contributed by atoms with Gasteiger partial charge in [0.15, 0.2) is 0 Å². The minimum absolute atomic E-state index is 0.0674. The van der Waals surface area contributed by atoms with Gasteiger partial charge in [0.2, 0.25) is 0 Å². The van der Waals surface area contributed by atoms with Gasteiger partial charge in [0.1, 0.15) is 5.82 Å². The molecule has 0 saturated carbocycles. The number of carboxylic acids is 1. The zero-order chi connectivity index (χ0) is 14.9. The summed E-state index contributed by atoms with van der Waals surface area (Å²) in [6.07, 6.45) is -2.74. The Bertz CT molecular complexity index is 668. The fraction of sp³-hybridized carbons (Fsp3) is 0.0769. The standard InChI is InChI=1S/C13H7F4NO2/c14-11-6-18-4-3-8(11)7-1-2-9(12(19)20)10(5-7)13(15,16)17/h1-6H,(H,19,20). The molecule has 7 heteroatoms. The molecule has 0 atom stereocenters. The number of alkyl halides is 3. The summed E-state index contributed by atoms with van der Waals surface area (Å²) in [7, 11) is 0. The summed E-state index contributed by atoms with van der Waals surface area (Å²) in [5.41, 5.74) is -2.35. The van der Waals surface area contributed by atoms with E-state index in [2.05, 4.69) is 4.98 Å². The first kappa shape index (κ1) is 14.0. The average Bonchev–Trinajstić information content (AvgIpc) is 2.37. The van der Waals surface area contributed by atoms with Gasteiger partial charge in [-0.3, -0.25) is 4.98 Å². The number of aromatic carboxylic acids is 1. The number of hydrogen-bond donors (Lipinski definition) is 1. The number of rotatable bonds is 2. The molecule has 0 fully saturated rings. The predicted octanol–water partition coefficient (Wildman–Crippen LogP) is 3.60. The molecule has 0 amide bonds. The Morgan fingerprint density at radius 3 is 2.45 bits per heavy atom. The number of aromatic nitrogens is 1. The molecule has 1 heterocycles. The van der Waals surface area contributed by atoms with Crippen LogP contribution in [-0.4, -0.2) is 16.1 Å². The van der Waals surface area contributed by atoms with Crippen LogP contribution in [0.25, 0.3) is 11.1 Å². The number of nitrogens with zero attached hydrogens (tertiary/aromatic N) is 1. The maximum absolute atomic E-state index is 13.5. The summed E-state index contributed by atoms with van der Waals surface area (Å²) in [6.45, 7) is 0. The molecule has 2 rings (SSSR count). The summed E-state index contributed by atoms with van der Waals surface area (Å²) in [5, 5.41) is 8.76. The summed E-state index contributed by atoms with van der Waals surface area (Å²) in [6, 6.07) is 3.75. The monoisotopic (exact) mass is 285 g/mol. The second kappa shape index (κ2) is 4.92. The molecule has 1 aromatic carbocycles. The SMILES string of the molecule is O=C(O)c1ccc(-c2ccncc2F)cc1C(F)(F)F. The smallest absolute Gasteiger partial charge is 0.417 e. The van der Waals surface area contributed by atoms with E-state index >= 15 is 0 Å². The Hall–Kier alpha value is -2.44. The van der Waals surface area contributed by atoms with Crippen molar-refractivity contribution in [3.63, 3.8) is 0 Å². The van der Waals surface area contributed by atoms with Crippen molar-refractivity contribution in [1.29, 1.82) is 0 Å². The lowest BCUT2D eigenvalue weighted by Gasteiger charge is -2.12. The molecule has 0 aliphatic rings. The third-order valence-electron chi connectivity index (χ3n) is 2.64. The van der Waals surface area contributed by atoms with Gasteiger partial charge in [-0.15, -0.1) is 0 Å². The number of carbonyl (C=O) groups is 1. The number of benzene rings is 1. The van der Waals surface area contributed by atoms with Crippen molar-refractivity contribution in [2.75, 3.05) is 0 Å². The second-order valence-electron chi connectivity index (χ2n) is 3.92. The van der Waals surface area contributed by atoms with Crippen LogP contribution in [0, 0.1) is 5.82 Å². The van der Waals surface area contributed by atoms with Crippen LogP contribution in [0.4, 0.5) is 17.6 Å². The molecule has 1 N–H and O–H groups in total. The third kappa shape index (κ3) is 2.61. The van der Waals surface area contributed by atoms with E-state index in [0.29, 0.717) is 6.07 Å². The summed E-state index contributed by atoms with van der Waals surface area (Å²) < 4.78 is 52.0. The Morgan fingerprint density at radius 1 is 1.20 bits per heavy atom. The van der Waals surface area contributed by atoms with Crippen LogP contribution in [0.15, 0.2) is 36.7 Å². The van der Waals surface area contributed by atoms with Crippen molar-refractivity contribution in [2.45, 2.75) is 6.18 Å². The van der Waals surface area contributed by atoms with Gasteiger partial charge in [-0.2, -0.15) is 13.2 Å². The third-order valence-corrected chi connectivity index (χ3v) is 2.64. The van der Waals surface area contributed by atoms with E-state index in [1.807, 2.05) is 0 Å². The lowest BCUT2D eigenvalue weighted by Crippen LogP contribution is -2.13. The molecule has 0 unspecified atom stereocenters. The first-order valence-electron chi connectivity index (χ1n) is 5.35. The highest BCUT2D eigenvalue weighted by molar-refractivity contribution is 5.90. The van der Waals surface area contributed by atoms with E-state index in [1.54, 1.807) is 0 Å². The molecule has 0 saturated heterocycles. The zero-order valence-corrected chi connectivity index (χ0v) is 9.78. The maximum atomic E-state index is 13.5. The number of pyridine rings is 1. The van der Waals surface area contributed by atoms with E-state index < -0.39 is 29.1 Å². The topological polar surface area (TPSA) is 50.2 Å². The van der Waals surface area contributed by atoms with E-state index in [9.17, 15) is 22.4 Å². The molecule has 20 heavy (non-hydrogen) atoms. The molecular formula is C13H7F4NO2. The number of hydrogen-bond acceptors (Lipinski definition) is 2. The van der Waals surface area contributed by atoms with Crippen LogP contribution in [0.3, 0.4) is 0 Å². The second-order valence-corrected chi connectivity index (χ2v) is 3.92. The predicted molar refractivity (Wildman–Crippen MR) is 61.6 cm³/mol. The van der Waals surface area contributed by atoms with Crippen molar-refractivity contribution in [1.82, 2.24) is 4.98 Å². The van der Waals surface area contributed by atoms with Gasteiger partial charge >= 0.3 is 12.1 Å². The Labute approximate surface area is 110 Å². The molecule has 0 aliphatic heterocycles. The van der Waals surface area contributed by atoms with E-state index in [1.165, 1.54) is 12.3 Å². The first-order valence-corrected chi connectivity index (χ1v) is 5.35. The highest BCUT2D eigenvalue weighted by Crippen LogP contribution is 2.35. The van der Waals surface area contributed by atoms with Crippen molar-refractivity contribution < 1.29 is 27.5 Å². The van der Waals surface area contributed by atoms with Crippen LogP contribution < -0.4 is 0 Å². The average molecular weight is 285 g/mol. The largest absolute Gasteiger partial charge is 0.478 e. The molecule has 0 spiro atoms. The van der Waals surface area contributed by atoms with Crippen LogP contribution in [0.5, 0.6) is 0 Å². The quantitative estimate of drug-likeness (QED) is 0.858. The molecule has 1 aromatic heterocycles. The van der Waals surface area contributed by atoms with Gasteiger partial charge < -0.3 is 5.11 Å². The zero-order valence-electron chi connectivity index (χ0n) is 9.78. The Balaban J connectivity index is 2.65. The van der Waals surface area contributed by atoms with Gasteiger partial charge in [0, 0.05) is 11.8 Å². The van der Waals surface area contributed by atoms with Crippen molar-refractivity contribution in [3.05, 3.63) is 53.6 Å². The molecule has 0 aliphatic carbocycles. The van der Waals surface area contributed by atoms with Crippen LogP contribution in [-0.2, 0) is 6.18 Å². The van der Waals surface area contributed by atoms with E-state index in [-0.39, 0.29) is 11.1 Å². The van der Waals surface area contributed by atoms with Crippen LogP contribution >= 0.6 is 0 Å². The minimum atomic E-state index is -4.84. The van der Waals surface area contributed by atoms with Crippen molar-refractivity contribution >= 4 is 5.97 Å². The maximum Gasteiger partial charge on any atom is 0.417 e. The van der Waals surface area contributed by atoms with Gasteiger partial charge in [0.05, 0.1) is 17.3 Å².